The van der Waals surface area contributed by atoms with Gasteiger partial charge in [-0.15, -0.1) is 0 Å². The van der Waals surface area contributed by atoms with E-state index in [0.29, 0.717) is 38.4 Å². The molecule has 5 aromatic rings. The SMILES string of the molecule is C[C@H](NC(=O)c1cnn2cccnc12)c1cc2cccc(Cl)c2c(=O)n1-c1ccccc1. The largest absolute Gasteiger partial charge is 0.344 e. The van der Waals surface area contributed by atoms with Crippen LogP contribution in [0.4, 0.5) is 0 Å². The summed E-state index contributed by atoms with van der Waals surface area (Å²) in [6.45, 7) is 1.83. The molecule has 3 heterocycles. The maximum atomic E-state index is 13.5. The van der Waals surface area contributed by atoms with Crippen molar-refractivity contribution in [3.05, 3.63) is 106 Å². The predicted octanol–water partition coefficient (Wildman–Crippen LogP) is 4.18. The van der Waals surface area contributed by atoms with Crippen LogP contribution in [0.25, 0.3) is 22.1 Å². The van der Waals surface area contributed by atoms with Gasteiger partial charge in [0.1, 0.15) is 5.56 Å². The van der Waals surface area contributed by atoms with Crippen LogP contribution in [-0.2, 0) is 0 Å². The van der Waals surface area contributed by atoms with Gasteiger partial charge in [0.2, 0.25) is 0 Å². The second-order valence-corrected chi connectivity index (χ2v) is 7.80. The van der Waals surface area contributed by atoms with Gasteiger partial charge in [-0.3, -0.25) is 14.2 Å². The topological polar surface area (TPSA) is 81.3 Å². The summed E-state index contributed by atoms with van der Waals surface area (Å²) in [7, 11) is 0. The summed E-state index contributed by atoms with van der Waals surface area (Å²) in [5.74, 6) is -0.329. The number of halogens is 1. The lowest BCUT2D eigenvalue weighted by Crippen LogP contribution is -2.32. The Kier molecular flexibility index (Phi) is 4.95. The monoisotopic (exact) mass is 443 g/mol. The number of para-hydroxylation sites is 1. The van der Waals surface area contributed by atoms with Crippen LogP contribution >= 0.6 is 11.6 Å². The Morgan fingerprint density at radius 1 is 1.09 bits per heavy atom. The first-order valence-electron chi connectivity index (χ1n) is 10.0. The molecule has 5 rings (SSSR count). The fourth-order valence-electron chi connectivity index (χ4n) is 3.84. The molecule has 1 amide bonds. The molecule has 0 aliphatic carbocycles. The van der Waals surface area contributed by atoms with Gasteiger partial charge in [0.15, 0.2) is 5.65 Å². The van der Waals surface area contributed by atoms with Crippen LogP contribution in [0, 0.1) is 0 Å². The van der Waals surface area contributed by atoms with E-state index in [1.807, 2.05) is 49.4 Å². The standard InChI is InChI=1S/C24H18ClN5O2/c1-15(28-23(31)18-14-27-29-12-6-11-26-22(18)29)20-13-16-7-5-10-19(25)21(16)24(32)30(20)17-8-3-2-4-9-17/h2-15H,1H3,(H,28,31)/t15-/m0/s1. The molecule has 2 aromatic carbocycles. The summed E-state index contributed by atoms with van der Waals surface area (Å²) in [4.78, 5) is 30.8. The zero-order chi connectivity index (χ0) is 22.2. The number of fused-ring (bicyclic) bond motifs is 2. The number of nitrogens with one attached hydrogen (secondary N) is 1. The number of aromatic nitrogens is 4. The minimum absolute atomic E-state index is 0.243. The lowest BCUT2D eigenvalue weighted by molar-refractivity contribution is 0.0940. The number of benzene rings is 2. The van der Waals surface area contributed by atoms with Gasteiger partial charge in [0.05, 0.1) is 22.6 Å². The van der Waals surface area contributed by atoms with Crippen LogP contribution in [0.1, 0.15) is 29.0 Å². The van der Waals surface area contributed by atoms with Gasteiger partial charge >= 0.3 is 0 Å². The Morgan fingerprint density at radius 3 is 2.72 bits per heavy atom. The summed E-state index contributed by atoms with van der Waals surface area (Å²) >= 11 is 6.36. The molecule has 0 bridgehead atoms. The third-order valence-electron chi connectivity index (χ3n) is 5.35. The van der Waals surface area contributed by atoms with Crippen molar-refractivity contribution in [1.29, 1.82) is 0 Å². The van der Waals surface area contributed by atoms with E-state index in [1.165, 1.54) is 10.7 Å². The van der Waals surface area contributed by atoms with Crippen LogP contribution in [0.3, 0.4) is 0 Å². The fraction of sp³-hybridized carbons (Fsp3) is 0.0833. The van der Waals surface area contributed by atoms with Crippen LogP contribution < -0.4 is 10.9 Å². The molecule has 0 aliphatic rings. The maximum absolute atomic E-state index is 13.5. The average Bonchev–Trinajstić information content (AvgIpc) is 3.24. The molecule has 0 spiro atoms. The Balaban J connectivity index is 1.62. The molecule has 7 nitrogen and oxygen atoms in total. The first-order chi connectivity index (χ1) is 15.5. The van der Waals surface area contributed by atoms with Crippen molar-refractivity contribution in [1.82, 2.24) is 24.5 Å². The van der Waals surface area contributed by atoms with E-state index in [4.69, 9.17) is 11.6 Å². The Morgan fingerprint density at radius 2 is 1.91 bits per heavy atom. The Bertz CT molecular complexity index is 1520. The second-order valence-electron chi connectivity index (χ2n) is 7.39. The van der Waals surface area contributed by atoms with Gasteiger partial charge in [-0.25, -0.2) is 9.50 Å². The van der Waals surface area contributed by atoms with E-state index >= 15 is 0 Å². The zero-order valence-corrected chi connectivity index (χ0v) is 17.8. The fourth-order valence-corrected chi connectivity index (χ4v) is 4.10. The third kappa shape index (κ3) is 3.33. The highest BCUT2D eigenvalue weighted by atomic mass is 35.5. The molecule has 0 unspecified atom stereocenters. The van der Waals surface area contributed by atoms with E-state index in [0.717, 1.165) is 0 Å². The first-order valence-corrected chi connectivity index (χ1v) is 10.4. The summed E-state index contributed by atoms with van der Waals surface area (Å²) in [5, 5.41) is 8.69. The van der Waals surface area contributed by atoms with Crippen molar-refractivity contribution in [2.45, 2.75) is 13.0 Å². The van der Waals surface area contributed by atoms with Gasteiger partial charge in [-0.2, -0.15) is 5.10 Å². The molecule has 0 saturated heterocycles. The van der Waals surface area contributed by atoms with Crippen LogP contribution in [0.5, 0.6) is 0 Å². The van der Waals surface area contributed by atoms with E-state index in [2.05, 4.69) is 15.4 Å². The lowest BCUT2D eigenvalue weighted by Gasteiger charge is -2.21. The third-order valence-corrected chi connectivity index (χ3v) is 5.67. The van der Waals surface area contributed by atoms with Crippen LogP contribution in [0.15, 0.2) is 84.0 Å². The van der Waals surface area contributed by atoms with Gasteiger partial charge in [-0.1, -0.05) is 41.9 Å². The molecule has 1 atom stereocenters. The number of carbonyl (C=O) groups is 1. The quantitative estimate of drug-likeness (QED) is 0.452. The number of hydrogen-bond acceptors (Lipinski definition) is 4. The van der Waals surface area contributed by atoms with Crippen molar-refractivity contribution >= 4 is 33.9 Å². The minimum atomic E-state index is -0.488. The molecule has 0 radical (unpaired) electrons. The zero-order valence-electron chi connectivity index (χ0n) is 17.1. The van der Waals surface area contributed by atoms with Gasteiger partial charge in [0, 0.05) is 23.8 Å². The van der Waals surface area contributed by atoms with E-state index in [-0.39, 0.29) is 11.5 Å². The highest BCUT2D eigenvalue weighted by molar-refractivity contribution is 6.35. The highest BCUT2D eigenvalue weighted by Crippen LogP contribution is 2.25. The summed E-state index contributed by atoms with van der Waals surface area (Å²) in [6, 6.07) is 17.8. The molecule has 32 heavy (non-hydrogen) atoms. The molecule has 158 valence electrons. The number of carbonyl (C=O) groups excluding carboxylic acids is 1. The van der Waals surface area contributed by atoms with Crippen molar-refractivity contribution in [3.63, 3.8) is 0 Å². The summed E-state index contributed by atoms with van der Waals surface area (Å²) in [5.41, 5.74) is 1.90. The van der Waals surface area contributed by atoms with Crippen molar-refractivity contribution in [2.24, 2.45) is 0 Å². The summed E-state index contributed by atoms with van der Waals surface area (Å²) in [6.07, 6.45) is 4.81. The maximum Gasteiger partial charge on any atom is 0.264 e. The first kappa shape index (κ1) is 20.0. The Hall–Kier alpha value is -3.97. The molecule has 8 heteroatoms. The minimum Gasteiger partial charge on any atom is -0.344 e. The van der Waals surface area contributed by atoms with E-state index < -0.39 is 6.04 Å². The number of hydrogen-bond donors (Lipinski definition) is 1. The molecule has 0 saturated carbocycles. The molecule has 1 N–H and O–H groups in total. The number of pyridine rings is 1. The summed E-state index contributed by atoms with van der Waals surface area (Å²) < 4.78 is 3.13. The normalized spacial score (nSPS) is 12.2. The number of nitrogens with zero attached hydrogens (tertiary/aromatic N) is 4. The van der Waals surface area contributed by atoms with Gasteiger partial charge < -0.3 is 5.32 Å². The molecular formula is C24H18ClN5O2. The molecule has 3 aromatic heterocycles. The van der Waals surface area contributed by atoms with Crippen LogP contribution in [-0.4, -0.2) is 25.1 Å². The van der Waals surface area contributed by atoms with Crippen molar-refractivity contribution in [2.75, 3.05) is 0 Å². The smallest absolute Gasteiger partial charge is 0.264 e. The van der Waals surface area contributed by atoms with Crippen molar-refractivity contribution in [3.8, 4) is 5.69 Å². The van der Waals surface area contributed by atoms with E-state index in [1.54, 1.807) is 35.2 Å². The Labute approximate surface area is 187 Å². The van der Waals surface area contributed by atoms with Gasteiger partial charge in [-0.05, 0) is 42.6 Å². The molecule has 0 aliphatic heterocycles. The second kappa shape index (κ2) is 7.94. The molecular weight excluding hydrogens is 426 g/mol. The number of rotatable bonds is 4. The van der Waals surface area contributed by atoms with Crippen molar-refractivity contribution < 1.29 is 4.79 Å². The average molecular weight is 444 g/mol. The lowest BCUT2D eigenvalue weighted by atomic mass is 10.1. The predicted molar refractivity (Wildman–Crippen MR) is 123 cm³/mol. The number of amides is 1. The molecule has 0 fully saturated rings. The van der Waals surface area contributed by atoms with E-state index in [9.17, 15) is 9.59 Å². The highest BCUT2D eigenvalue weighted by Gasteiger charge is 2.21. The van der Waals surface area contributed by atoms with Crippen LogP contribution in [0.2, 0.25) is 5.02 Å². The van der Waals surface area contributed by atoms with Gasteiger partial charge in [0.25, 0.3) is 11.5 Å².